The van der Waals surface area contributed by atoms with Gasteiger partial charge in [-0.1, -0.05) is 12.2 Å². The summed E-state index contributed by atoms with van der Waals surface area (Å²) in [5.74, 6) is 0. The number of thiazole rings is 1. The molecule has 3 N–H and O–H groups in total. The maximum Gasteiger partial charge on any atom is 0.187 e. The Morgan fingerprint density at radius 3 is 2.63 bits per heavy atom. The molecular weight excluding hydrogens is 274 g/mol. The number of hydrogen-bond acceptors (Lipinski definition) is 4. The lowest BCUT2D eigenvalue weighted by Gasteiger charge is -2.06. The largest absolute Gasteiger partial charge is 0.389 e. The molecule has 1 aliphatic carbocycles. The summed E-state index contributed by atoms with van der Waals surface area (Å²) in [7, 11) is 0. The first-order valence-electron chi connectivity index (χ1n) is 6.38. The first-order chi connectivity index (χ1) is 9.22. The van der Waals surface area contributed by atoms with Gasteiger partial charge in [0.1, 0.15) is 4.99 Å². The molecule has 1 heterocycles. The molecule has 0 bridgehead atoms. The molecule has 3 rings (SSSR count). The molecule has 19 heavy (non-hydrogen) atoms. The lowest BCUT2D eigenvalue weighted by molar-refractivity contribution is 0.683. The number of benzene rings is 1. The number of rotatable bonds is 3. The van der Waals surface area contributed by atoms with Crippen molar-refractivity contribution in [1.29, 1.82) is 0 Å². The molecule has 0 fully saturated rings. The third-order valence-corrected chi connectivity index (χ3v) is 4.57. The van der Waals surface area contributed by atoms with Crippen LogP contribution >= 0.6 is 23.6 Å². The van der Waals surface area contributed by atoms with Crippen LogP contribution in [0.2, 0.25) is 0 Å². The van der Waals surface area contributed by atoms with E-state index < -0.39 is 0 Å². The molecule has 3 nitrogen and oxygen atoms in total. The number of hydrogen-bond donors (Lipinski definition) is 2. The van der Waals surface area contributed by atoms with E-state index >= 15 is 0 Å². The Labute approximate surface area is 121 Å². The molecule has 0 unspecified atom stereocenters. The number of thiocarbonyl (C=S) groups is 1. The fourth-order valence-corrected chi connectivity index (χ4v) is 3.45. The fraction of sp³-hybridized carbons (Fsp3) is 0.286. The first-order valence-corrected chi connectivity index (χ1v) is 7.60. The van der Waals surface area contributed by atoms with Crippen molar-refractivity contribution in [1.82, 2.24) is 4.98 Å². The smallest absolute Gasteiger partial charge is 0.187 e. The van der Waals surface area contributed by atoms with E-state index in [1.807, 2.05) is 24.3 Å². The summed E-state index contributed by atoms with van der Waals surface area (Å²) in [6.07, 6.45) is 4.85. The Bertz CT molecular complexity index is 578. The van der Waals surface area contributed by atoms with Crippen molar-refractivity contribution in [3.05, 3.63) is 40.4 Å². The van der Waals surface area contributed by atoms with E-state index in [1.54, 1.807) is 11.3 Å². The molecule has 0 radical (unpaired) electrons. The van der Waals surface area contributed by atoms with Gasteiger partial charge >= 0.3 is 0 Å². The van der Waals surface area contributed by atoms with Crippen molar-refractivity contribution in [2.24, 2.45) is 5.73 Å². The molecule has 1 aromatic carbocycles. The van der Waals surface area contributed by atoms with Crippen LogP contribution < -0.4 is 11.1 Å². The van der Waals surface area contributed by atoms with Crippen molar-refractivity contribution in [3.63, 3.8) is 0 Å². The predicted octanol–water partition coefficient (Wildman–Crippen LogP) is 3.40. The SMILES string of the molecule is NC(=S)c1ccc(Nc2nc3c(s2)CCCC3)cc1. The quantitative estimate of drug-likeness (QED) is 0.850. The Balaban J connectivity index is 1.77. The number of fused-ring (bicyclic) bond motifs is 1. The van der Waals surface area contributed by atoms with E-state index in [0.717, 1.165) is 22.8 Å². The summed E-state index contributed by atoms with van der Waals surface area (Å²) >= 11 is 6.71. The number of aryl methyl sites for hydroxylation is 2. The van der Waals surface area contributed by atoms with Gasteiger partial charge in [0.25, 0.3) is 0 Å². The number of nitrogens with one attached hydrogen (secondary N) is 1. The zero-order valence-corrected chi connectivity index (χ0v) is 12.1. The molecule has 0 amide bonds. The van der Waals surface area contributed by atoms with E-state index in [1.165, 1.54) is 29.8 Å². The van der Waals surface area contributed by atoms with E-state index in [4.69, 9.17) is 18.0 Å². The molecule has 0 aliphatic heterocycles. The second kappa shape index (κ2) is 5.27. The van der Waals surface area contributed by atoms with Crippen LogP contribution in [-0.4, -0.2) is 9.97 Å². The maximum atomic E-state index is 5.58. The zero-order chi connectivity index (χ0) is 13.2. The number of nitrogens with two attached hydrogens (primary N) is 1. The van der Waals surface area contributed by atoms with Crippen LogP contribution in [0.25, 0.3) is 0 Å². The van der Waals surface area contributed by atoms with Gasteiger partial charge in [-0.3, -0.25) is 0 Å². The van der Waals surface area contributed by atoms with Crippen molar-refractivity contribution in [3.8, 4) is 0 Å². The van der Waals surface area contributed by atoms with Gasteiger partial charge in [0.15, 0.2) is 5.13 Å². The zero-order valence-electron chi connectivity index (χ0n) is 10.5. The fourth-order valence-electron chi connectivity index (χ4n) is 2.25. The van der Waals surface area contributed by atoms with Gasteiger partial charge in [0.05, 0.1) is 5.69 Å². The molecule has 1 aromatic heterocycles. The van der Waals surface area contributed by atoms with Crippen LogP contribution in [0.1, 0.15) is 29.0 Å². The summed E-state index contributed by atoms with van der Waals surface area (Å²) < 4.78 is 0. The second-order valence-electron chi connectivity index (χ2n) is 4.66. The molecule has 0 atom stereocenters. The minimum atomic E-state index is 0.427. The van der Waals surface area contributed by atoms with Crippen LogP contribution in [0, 0.1) is 0 Å². The Kier molecular flexibility index (Phi) is 3.48. The van der Waals surface area contributed by atoms with E-state index in [2.05, 4.69) is 10.3 Å². The molecule has 0 spiro atoms. The van der Waals surface area contributed by atoms with Crippen molar-refractivity contribution >= 4 is 39.4 Å². The van der Waals surface area contributed by atoms with Crippen molar-refractivity contribution < 1.29 is 0 Å². The van der Waals surface area contributed by atoms with Gasteiger partial charge in [-0.25, -0.2) is 4.98 Å². The van der Waals surface area contributed by atoms with Gasteiger partial charge in [-0.05, 0) is 49.9 Å². The van der Waals surface area contributed by atoms with E-state index in [0.29, 0.717) is 4.99 Å². The number of nitrogens with zero attached hydrogens (tertiary/aromatic N) is 1. The highest BCUT2D eigenvalue weighted by Gasteiger charge is 2.14. The number of aromatic nitrogens is 1. The van der Waals surface area contributed by atoms with Crippen LogP contribution in [0.3, 0.4) is 0 Å². The maximum absolute atomic E-state index is 5.58. The Morgan fingerprint density at radius 1 is 1.21 bits per heavy atom. The molecule has 0 saturated heterocycles. The Hall–Kier alpha value is -1.46. The number of anilines is 2. The lowest BCUT2D eigenvalue weighted by Crippen LogP contribution is -2.08. The van der Waals surface area contributed by atoms with Gasteiger partial charge in [-0.15, -0.1) is 11.3 Å². The average molecular weight is 289 g/mol. The van der Waals surface area contributed by atoms with Gasteiger partial charge < -0.3 is 11.1 Å². The highest BCUT2D eigenvalue weighted by atomic mass is 32.1. The second-order valence-corrected chi connectivity index (χ2v) is 6.19. The average Bonchev–Trinajstić information content (AvgIpc) is 2.81. The third kappa shape index (κ3) is 2.77. The van der Waals surface area contributed by atoms with Crippen molar-refractivity contribution in [2.75, 3.05) is 5.32 Å². The highest BCUT2D eigenvalue weighted by Crippen LogP contribution is 2.31. The molecular formula is C14H15N3S2. The van der Waals surface area contributed by atoms with E-state index in [-0.39, 0.29) is 0 Å². The summed E-state index contributed by atoms with van der Waals surface area (Å²) in [6, 6.07) is 7.82. The first kappa shape index (κ1) is 12.6. The molecule has 2 aromatic rings. The lowest BCUT2D eigenvalue weighted by atomic mass is 10.0. The molecule has 0 saturated carbocycles. The van der Waals surface area contributed by atoms with Crippen molar-refractivity contribution in [2.45, 2.75) is 25.7 Å². The summed E-state index contributed by atoms with van der Waals surface area (Å²) in [5, 5.41) is 4.33. The predicted molar refractivity (Wildman–Crippen MR) is 84.4 cm³/mol. The highest BCUT2D eigenvalue weighted by molar-refractivity contribution is 7.80. The van der Waals surface area contributed by atoms with E-state index in [9.17, 15) is 0 Å². The van der Waals surface area contributed by atoms with Gasteiger partial charge in [0.2, 0.25) is 0 Å². The normalized spacial score (nSPS) is 13.9. The van der Waals surface area contributed by atoms with Gasteiger partial charge in [-0.2, -0.15) is 0 Å². The van der Waals surface area contributed by atoms with Crippen LogP contribution in [-0.2, 0) is 12.8 Å². The summed E-state index contributed by atoms with van der Waals surface area (Å²) in [5.41, 5.74) is 8.77. The Morgan fingerprint density at radius 2 is 1.95 bits per heavy atom. The molecule has 5 heteroatoms. The summed E-state index contributed by atoms with van der Waals surface area (Å²) in [6.45, 7) is 0. The topological polar surface area (TPSA) is 50.9 Å². The van der Waals surface area contributed by atoms with Gasteiger partial charge in [0, 0.05) is 16.1 Å². The monoisotopic (exact) mass is 289 g/mol. The minimum absolute atomic E-state index is 0.427. The van der Waals surface area contributed by atoms with Crippen LogP contribution in [0.4, 0.5) is 10.8 Å². The van der Waals surface area contributed by atoms with Crippen LogP contribution in [0.5, 0.6) is 0 Å². The summed E-state index contributed by atoms with van der Waals surface area (Å²) in [4.78, 5) is 6.53. The molecule has 1 aliphatic rings. The molecule has 98 valence electrons. The third-order valence-electron chi connectivity index (χ3n) is 3.27. The standard InChI is InChI=1S/C14H15N3S2/c15-13(18)9-5-7-10(8-6-9)16-14-17-11-3-1-2-4-12(11)19-14/h5-8H,1-4H2,(H2,15,18)(H,16,17). The van der Waals surface area contributed by atoms with Crippen LogP contribution in [0.15, 0.2) is 24.3 Å². The minimum Gasteiger partial charge on any atom is -0.389 e.